The van der Waals surface area contributed by atoms with E-state index in [9.17, 15) is 9.18 Å². The van der Waals surface area contributed by atoms with Gasteiger partial charge in [-0.25, -0.2) is 4.39 Å². The molecule has 1 aliphatic rings. The molecule has 2 heterocycles. The van der Waals surface area contributed by atoms with Gasteiger partial charge < -0.3 is 21.4 Å². The highest BCUT2D eigenvalue weighted by Gasteiger charge is 2.17. The van der Waals surface area contributed by atoms with E-state index in [1.807, 2.05) is 24.3 Å². The molecule has 0 radical (unpaired) electrons. The van der Waals surface area contributed by atoms with E-state index in [4.69, 9.17) is 0 Å². The fraction of sp³-hybridized carbons (Fsp3) is 0.286. The summed E-state index contributed by atoms with van der Waals surface area (Å²) in [6.07, 6.45) is 2.78. The molecule has 2 aromatic carbocycles. The number of hydrogen-bond donors (Lipinski definition) is 4. The first-order chi connectivity index (χ1) is 13.2. The number of fused-ring (bicyclic) bond motifs is 1. The Morgan fingerprint density at radius 2 is 1.67 bits per heavy atom. The number of H-pyrrole nitrogens is 1. The van der Waals surface area contributed by atoms with Crippen LogP contribution in [0.3, 0.4) is 0 Å². The number of carbonyl (C=O) groups is 1. The van der Waals surface area contributed by atoms with Crippen LogP contribution in [0.4, 0.5) is 4.39 Å². The largest absolute Gasteiger partial charge is 0.354 e. The van der Waals surface area contributed by atoms with Gasteiger partial charge in [-0.05, 0) is 56.7 Å². The van der Waals surface area contributed by atoms with Crippen molar-refractivity contribution < 1.29 is 9.18 Å². The molecule has 4 rings (SSSR count). The molecule has 3 aromatic rings. The lowest BCUT2D eigenvalue weighted by atomic mass is 10.0. The van der Waals surface area contributed by atoms with E-state index in [1.54, 1.807) is 19.2 Å². The molecule has 5 N–H and O–H groups in total. The number of benzene rings is 2. The third-order valence-corrected chi connectivity index (χ3v) is 4.25. The van der Waals surface area contributed by atoms with Gasteiger partial charge in [0.15, 0.2) is 0 Å². The van der Waals surface area contributed by atoms with E-state index in [0.717, 1.165) is 22.0 Å². The van der Waals surface area contributed by atoms with E-state index in [2.05, 4.69) is 21.4 Å². The highest BCUT2D eigenvalue weighted by molar-refractivity contribution is 6.09. The summed E-state index contributed by atoms with van der Waals surface area (Å²) in [5.74, 6) is -0.490. The maximum atomic E-state index is 13.1. The van der Waals surface area contributed by atoms with Crippen molar-refractivity contribution >= 4 is 16.8 Å². The Kier molecular flexibility index (Phi) is 7.98. The number of nitrogens with two attached hydrogens (primary N) is 1. The van der Waals surface area contributed by atoms with Crippen LogP contribution in [-0.2, 0) is 0 Å². The Morgan fingerprint density at radius 1 is 1.04 bits per heavy atom. The van der Waals surface area contributed by atoms with E-state index < -0.39 is 0 Å². The topological polar surface area (TPSA) is 82.9 Å². The standard InChI is InChI=1S/C16H13FN2O.C4H9N.CH5N/c1-18-16(20)15-14(10-6-8-11(17)9-7-10)12-4-2-3-5-13(12)19-15;1-2-4-5-3-1;1-2/h2-9,19H,1H3,(H,18,20);5H,1-4H2;2H2,1H3. The molecule has 0 atom stereocenters. The molecule has 1 amide bonds. The number of amides is 1. The molecule has 1 fully saturated rings. The molecule has 1 aromatic heterocycles. The van der Waals surface area contributed by atoms with E-state index in [1.165, 1.54) is 45.1 Å². The van der Waals surface area contributed by atoms with Gasteiger partial charge in [0.1, 0.15) is 11.5 Å². The minimum atomic E-state index is -0.296. The number of aromatic amines is 1. The number of aromatic nitrogens is 1. The molecule has 6 heteroatoms. The van der Waals surface area contributed by atoms with Crippen LogP contribution < -0.4 is 16.4 Å². The summed E-state index contributed by atoms with van der Waals surface area (Å²) < 4.78 is 13.1. The second kappa shape index (κ2) is 10.4. The maximum Gasteiger partial charge on any atom is 0.268 e. The number of hydrogen-bond acceptors (Lipinski definition) is 3. The number of rotatable bonds is 2. The molecular formula is C21H27FN4O. The number of halogens is 1. The van der Waals surface area contributed by atoms with E-state index >= 15 is 0 Å². The zero-order valence-electron chi connectivity index (χ0n) is 15.8. The maximum absolute atomic E-state index is 13.1. The van der Waals surface area contributed by atoms with Crippen molar-refractivity contribution in [1.29, 1.82) is 0 Å². The van der Waals surface area contributed by atoms with E-state index in [0.29, 0.717) is 5.69 Å². The van der Waals surface area contributed by atoms with Gasteiger partial charge in [-0.2, -0.15) is 0 Å². The lowest BCUT2D eigenvalue weighted by Gasteiger charge is -2.04. The van der Waals surface area contributed by atoms with Gasteiger partial charge in [0.2, 0.25) is 0 Å². The Hall–Kier alpha value is -2.70. The summed E-state index contributed by atoms with van der Waals surface area (Å²) in [4.78, 5) is 15.1. The van der Waals surface area contributed by atoms with Crippen molar-refractivity contribution in [2.24, 2.45) is 5.73 Å². The van der Waals surface area contributed by atoms with Gasteiger partial charge in [0, 0.05) is 23.5 Å². The second-order valence-electron chi connectivity index (χ2n) is 5.96. The molecular weight excluding hydrogens is 343 g/mol. The van der Waals surface area contributed by atoms with Crippen molar-refractivity contribution in [2.75, 3.05) is 27.2 Å². The molecule has 0 aliphatic carbocycles. The Labute approximate surface area is 159 Å². The van der Waals surface area contributed by atoms with Gasteiger partial charge in [-0.1, -0.05) is 30.3 Å². The van der Waals surface area contributed by atoms with Gasteiger partial charge in [0.05, 0.1) is 0 Å². The third kappa shape index (κ3) is 5.15. The summed E-state index contributed by atoms with van der Waals surface area (Å²) in [7, 11) is 3.09. The fourth-order valence-electron chi connectivity index (χ4n) is 2.98. The SMILES string of the molecule is C1CCNC1.CN.CNC(=O)c1[nH]c2ccccc2c1-c1ccc(F)cc1. The zero-order chi connectivity index (χ0) is 19.6. The summed E-state index contributed by atoms with van der Waals surface area (Å²) >= 11 is 0. The van der Waals surface area contributed by atoms with Crippen LogP contribution in [0.1, 0.15) is 23.3 Å². The van der Waals surface area contributed by atoms with Crippen LogP contribution in [0.25, 0.3) is 22.0 Å². The highest BCUT2D eigenvalue weighted by Crippen LogP contribution is 2.32. The predicted octanol–water partition coefficient (Wildman–Crippen LogP) is 3.28. The summed E-state index contributed by atoms with van der Waals surface area (Å²) in [5, 5.41) is 6.78. The lowest BCUT2D eigenvalue weighted by molar-refractivity contribution is 0.0959. The van der Waals surface area contributed by atoms with Crippen molar-refractivity contribution in [3.63, 3.8) is 0 Å². The molecule has 0 unspecified atom stereocenters. The Morgan fingerprint density at radius 3 is 2.22 bits per heavy atom. The third-order valence-electron chi connectivity index (χ3n) is 4.25. The Balaban J connectivity index is 0.000000318. The average molecular weight is 370 g/mol. The number of nitrogens with one attached hydrogen (secondary N) is 3. The molecule has 0 spiro atoms. The van der Waals surface area contributed by atoms with Crippen LogP contribution >= 0.6 is 0 Å². The first kappa shape index (κ1) is 20.6. The van der Waals surface area contributed by atoms with Gasteiger partial charge >= 0.3 is 0 Å². The minimum absolute atomic E-state index is 0.194. The van der Waals surface area contributed by atoms with Crippen LogP contribution in [0.5, 0.6) is 0 Å². The lowest BCUT2D eigenvalue weighted by Crippen LogP contribution is -2.18. The quantitative estimate of drug-likeness (QED) is 0.559. The smallest absolute Gasteiger partial charge is 0.268 e. The summed E-state index contributed by atoms with van der Waals surface area (Å²) in [5.41, 5.74) is 7.47. The highest BCUT2D eigenvalue weighted by atomic mass is 19.1. The number of carbonyl (C=O) groups excluding carboxylic acids is 1. The zero-order valence-corrected chi connectivity index (χ0v) is 15.8. The number of para-hydroxylation sites is 1. The second-order valence-corrected chi connectivity index (χ2v) is 5.96. The first-order valence-corrected chi connectivity index (χ1v) is 9.08. The van der Waals surface area contributed by atoms with Crippen LogP contribution in [0, 0.1) is 5.82 Å². The molecule has 0 bridgehead atoms. The molecule has 0 saturated carbocycles. The van der Waals surface area contributed by atoms with Crippen molar-refractivity contribution in [3.8, 4) is 11.1 Å². The molecule has 1 saturated heterocycles. The van der Waals surface area contributed by atoms with Gasteiger partial charge in [-0.3, -0.25) is 4.79 Å². The fourth-order valence-corrected chi connectivity index (χ4v) is 2.98. The predicted molar refractivity (Wildman–Crippen MR) is 109 cm³/mol. The average Bonchev–Trinajstić information content (AvgIpc) is 3.41. The van der Waals surface area contributed by atoms with Crippen LogP contribution in [0.2, 0.25) is 0 Å². The van der Waals surface area contributed by atoms with Crippen molar-refractivity contribution in [2.45, 2.75) is 12.8 Å². The Bertz CT molecular complexity index is 847. The molecule has 27 heavy (non-hydrogen) atoms. The monoisotopic (exact) mass is 370 g/mol. The normalized spacial score (nSPS) is 12.6. The molecule has 1 aliphatic heterocycles. The first-order valence-electron chi connectivity index (χ1n) is 9.08. The van der Waals surface area contributed by atoms with Gasteiger partial charge in [-0.15, -0.1) is 0 Å². The molecule has 144 valence electrons. The van der Waals surface area contributed by atoms with E-state index in [-0.39, 0.29) is 11.7 Å². The van der Waals surface area contributed by atoms with Crippen LogP contribution in [-0.4, -0.2) is 38.1 Å². The summed E-state index contributed by atoms with van der Waals surface area (Å²) in [6, 6.07) is 13.8. The van der Waals surface area contributed by atoms with Crippen LogP contribution in [0.15, 0.2) is 48.5 Å². The minimum Gasteiger partial charge on any atom is -0.354 e. The molecule has 5 nitrogen and oxygen atoms in total. The van der Waals surface area contributed by atoms with Gasteiger partial charge in [0.25, 0.3) is 5.91 Å². The van der Waals surface area contributed by atoms with Crippen molar-refractivity contribution in [1.82, 2.24) is 15.6 Å². The van der Waals surface area contributed by atoms with Crippen molar-refractivity contribution in [3.05, 3.63) is 60.0 Å². The summed E-state index contributed by atoms with van der Waals surface area (Å²) in [6.45, 7) is 2.50.